The van der Waals surface area contributed by atoms with E-state index in [-0.39, 0.29) is 23.4 Å². The molecule has 0 aliphatic rings. The van der Waals surface area contributed by atoms with Crippen molar-refractivity contribution in [3.8, 4) is 0 Å². The molecule has 2 amide bonds. The highest BCUT2D eigenvalue weighted by Gasteiger charge is 2.33. The molecule has 7 nitrogen and oxygen atoms in total. The summed E-state index contributed by atoms with van der Waals surface area (Å²) < 4.78 is 28.9. The van der Waals surface area contributed by atoms with Gasteiger partial charge in [-0.3, -0.25) is 13.9 Å². The largest absolute Gasteiger partial charge is 0.352 e. The van der Waals surface area contributed by atoms with E-state index < -0.39 is 28.5 Å². The Morgan fingerprint density at radius 3 is 1.97 bits per heavy atom. The van der Waals surface area contributed by atoms with Crippen molar-refractivity contribution >= 4 is 27.5 Å². The lowest BCUT2D eigenvalue weighted by Gasteiger charge is -2.32. The van der Waals surface area contributed by atoms with Gasteiger partial charge in [-0.1, -0.05) is 66.6 Å². The van der Waals surface area contributed by atoms with Crippen LogP contribution in [-0.4, -0.2) is 43.8 Å². The van der Waals surface area contributed by atoms with Crippen LogP contribution >= 0.6 is 0 Å². The van der Waals surface area contributed by atoms with E-state index in [0.717, 1.165) is 33.0 Å². The van der Waals surface area contributed by atoms with Gasteiger partial charge in [0.1, 0.15) is 12.6 Å². The van der Waals surface area contributed by atoms with Gasteiger partial charge in [0.15, 0.2) is 0 Å². The van der Waals surface area contributed by atoms with E-state index in [1.54, 1.807) is 43.3 Å². The van der Waals surface area contributed by atoms with Crippen LogP contribution < -0.4 is 9.62 Å². The number of hydrogen-bond donors (Lipinski definition) is 1. The number of anilines is 1. The van der Waals surface area contributed by atoms with E-state index in [1.165, 1.54) is 4.90 Å². The number of benzene rings is 3. The topological polar surface area (TPSA) is 86.8 Å². The molecule has 2 atom stereocenters. The average molecular weight is 550 g/mol. The van der Waals surface area contributed by atoms with Crippen molar-refractivity contribution < 1.29 is 18.0 Å². The molecule has 0 saturated heterocycles. The second-order valence-corrected chi connectivity index (χ2v) is 12.0. The van der Waals surface area contributed by atoms with E-state index in [2.05, 4.69) is 5.32 Å². The molecule has 0 heterocycles. The molecule has 0 saturated carbocycles. The molecule has 0 aromatic heterocycles. The highest BCUT2D eigenvalue weighted by molar-refractivity contribution is 7.92. The normalized spacial score (nSPS) is 12.9. The minimum atomic E-state index is -4.08. The van der Waals surface area contributed by atoms with E-state index in [4.69, 9.17) is 0 Å². The number of aryl methyl sites for hydroxylation is 3. The molecule has 208 valence electrons. The number of sulfonamides is 1. The molecule has 3 aromatic rings. The molecule has 8 heteroatoms. The highest BCUT2D eigenvalue weighted by Crippen LogP contribution is 2.25. The highest BCUT2D eigenvalue weighted by atomic mass is 32.2. The van der Waals surface area contributed by atoms with Crippen molar-refractivity contribution in [2.45, 2.75) is 71.5 Å². The maximum atomic E-state index is 14.0. The van der Waals surface area contributed by atoms with Crippen molar-refractivity contribution in [2.75, 3.05) is 10.8 Å². The Hall–Kier alpha value is -3.65. The quantitative estimate of drug-likeness (QED) is 0.359. The van der Waals surface area contributed by atoms with Crippen molar-refractivity contribution in [1.29, 1.82) is 0 Å². The lowest BCUT2D eigenvalue weighted by molar-refractivity contribution is -0.139. The number of rotatable bonds is 11. The lowest BCUT2D eigenvalue weighted by atomic mass is 10.1. The van der Waals surface area contributed by atoms with Gasteiger partial charge in [-0.15, -0.1) is 0 Å². The van der Waals surface area contributed by atoms with Crippen LogP contribution in [0.15, 0.2) is 77.7 Å². The molecule has 3 aromatic carbocycles. The second kappa shape index (κ2) is 12.9. The zero-order valence-electron chi connectivity index (χ0n) is 23.6. The summed E-state index contributed by atoms with van der Waals surface area (Å²) in [5.74, 6) is -0.754. The Labute approximate surface area is 232 Å². The van der Waals surface area contributed by atoms with Crippen LogP contribution in [0, 0.1) is 20.8 Å². The Morgan fingerprint density at radius 1 is 0.846 bits per heavy atom. The summed E-state index contributed by atoms with van der Waals surface area (Å²) in [5, 5.41) is 2.95. The zero-order valence-corrected chi connectivity index (χ0v) is 24.5. The Balaban J connectivity index is 2.03. The Bertz CT molecular complexity index is 1390. The first-order chi connectivity index (χ1) is 18.4. The van der Waals surface area contributed by atoms with Crippen LogP contribution in [0.4, 0.5) is 5.69 Å². The van der Waals surface area contributed by atoms with Crippen LogP contribution in [0.1, 0.15) is 49.4 Å². The molecule has 0 fully saturated rings. The van der Waals surface area contributed by atoms with Crippen LogP contribution in [0.2, 0.25) is 0 Å². The predicted octanol–water partition coefficient (Wildman–Crippen LogP) is 5.14. The standard InChI is InChI=1S/C31H39N3O4S/c1-7-25(5)32-31(36)26(6)33(20-27-11-9-8-10-24(27)4)30(35)21-34(28-16-12-22(2)13-17-28)39(37,38)29-18-14-23(3)15-19-29/h8-19,25-26H,7,20-21H2,1-6H3,(H,32,36)/t25-,26-/m0/s1. The van der Waals surface area contributed by atoms with Gasteiger partial charge in [0, 0.05) is 12.6 Å². The summed E-state index contributed by atoms with van der Waals surface area (Å²) in [7, 11) is -4.08. The summed E-state index contributed by atoms with van der Waals surface area (Å²) in [6.07, 6.45) is 0.750. The first-order valence-corrected chi connectivity index (χ1v) is 14.7. The molecule has 0 radical (unpaired) electrons. The third-order valence-electron chi connectivity index (χ3n) is 6.98. The first kappa shape index (κ1) is 29.9. The minimum Gasteiger partial charge on any atom is -0.352 e. The average Bonchev–Trinajstić information content (AvgIpc) is 2.91. The fourth-order valence-corrected chi connectivity index (χ4v) is 5.51. The smallest absolute Gasteiger partial charge is 0.264 e. The molecular weight excluding hydrogens is 510 g/mol. The minimum absolute atomic E-state index is 0.0543. The van der Waals surface area contributed by atoms with Gasteiger partial charge >= 0.3 is 0 Å². The van der Waals surface area contributed by atoms with Crippen LogP contribution in [0.3, 0.4) is 0 Å². The van der Waals surface area contributed by atoms with Gasteiger partial charge in [0.05, 0.1) is 10.6 Å². The van der Waals surface area contributed by atoms with Gasteiger partial charge in [-0.2, -0.15) is 0 Å². The number of carbonyl (C=O) groups excluding carboxylic acids is 2. The molecule has 0 spiro atoms. The summed E-state index contributed by atoms with van der Waals surface area (Å²) in [4.78, 5) is 28.7. The maximum Gasteiger partial charge on any atom is 0.264 e. The number of nitrogens with zero attached hydrogens (tertiary/aromatic N) is 2. The van der Waals surface area contributed by atoms with Crippen LogP contribution in [0.25, 0.3) is 0 Å². The third-order valence-corrected chi connectivity index (χ3v) is 8.77. The van der Waals surface area contributed by atoms with Crippen molar-refractivity contribution in [2.24, 2.45) is 0 Å². The van der Waals surface area contributed by atoms with E-state index in [9.17, 15) is 18.0 Å². The molecule has 3 rings (SSSR count). The predicted molar refractivity (Wildman–Crippen MR) is 156 cm³/mol. The molecule has 0 aliphatic carbocycles. The molecular formula is C31H39N3O4S. The summed E-state index contributed by atoms with van der Waals surface area (Å²) >= 11 is 0. The zero-order chi connectivity index (χ0) is 28.7. The van der Waals surface area contributed by atoms with E-state index in [1.807, 2.05) is 71.0 Å². The number of carbonyl (C=O) groups is 2. The first-order valence-electron chi connectivity index (χ1n) is 13.2. The van der Waals surface area contributed by atoms with Crippen LogP contribution in [-0.2, 0) is 26.2 Å². The Kier molecular flexibility index (Phi) is 9.92. The van der Waals surface area contributed by atoms with Gasteiger partial charge in [0.2, 0.25) is 11.8 Å². The summed E-state index contributed by atoms with van der Waals surface area (Å²) in [6.45, 7) is 11.0. The molecule has 39 heavy (non-hydrogen) atoms. The number of hydrogen-bond acceptors (Lipinski definition) is 4. The monoisotopic (exact) mass is 549 g/mol. The molecule has 0 unspecified atom stereocenters. The van der Waals surface area contributed by atoms with Crippen molar-refractivity contribution in [1.82, 2.24) is 10.2 Å². The maximum absolute atomic E-state index is 14.0. The summed E-state index contributed by atoms with van der Waals surface area (Å²) in [5.41, 5.74) is 4.14. The fraction of sp³-hybridized carbons (Fsp3) is 0.355. The number of nitrogens with one attached hydrogen (secondary N) is 1. The summed E-state index contributed by atoms with van der Waals surface area (Å²) in [6, 6.07) is 20.3. The molecule has 0 aliphatic heterocycles. The molecule has 0 bridgehead atoms. The SMILES string of the molecule is CC[C@H](C)NC(=O)[C@H](C)N(Cc1ccccc1C)C(=O)CN(c1ccc(C)cc1)S(=O)(=O)c1ccc(C)cc1. The van der Waals surface area contributed by atoms with Gasteiger partial charge < -0.3 is 10.2 Å². The van der Waals surface area contributed by atoms with Gasteiger partial charge in [-0.05, 0) is 76.4 Å². The van der Waals surface area contributed by atoms with Gasteiger partial charge in [-0.25, -0.2) is 8.42 Å². The van der Waals surface area contributed by atoms with Crippen molar-refractivity contribution in [3.05, 3.63) is 95.1 Å². The Morgan fingerprint density at radius 2 is 1.41 bits per heavy atom. The lowest BCUT2D eigenvalue weighted by Crippen LogP contribution is -2.52. The van der Waals surface area contributed by atoms with E-state index >= 15 is 0 Å². The van der Waals surface area contributed by atoms with E-state index in [0.29, 0.717) is 5.69 Å². The van der Waals surface area contributed by atoms with Crippen LogP contribution in [0.5, 0.6) is 0 Å². The van der Waals surface area contributed by atoms with Gasteiger partial charge in [0.25, 0.3) is 10.0 Å². The third kappa shape index (κ3) is 7.47. The second-order valence-electron chi connectivity index (χ2n) is 10.1. The fourth-order valence-electron chi connectivity index (χ4n) is 4.10. The van der Waals surface area contributed by atoms with Crippen molar-refractivity contribution in [3.63, 3.8) is 0 Å². The number of amides is 2. The molecule has 1 N–H and O–H groups in total.